The van der Waals surface area contributed by atoms with E-state index in [2.05, 4.69) is 73.0 Å². The molecule has 28 heavy (non-hydrogen) atoms. The van der Waals surface area contributed by atoms with Gasteiger partial charge in [0.15, 0.2) is 0 Å². The Balaban J connectivity index is 1.40. The Bertz CT molecular complexity index is 693. The summed E-state index contributed by atoms with van der Waals surface area (Å²) in [7, 11) is 0. The van der Waals surface area contributed by atoms with E-state index in [-0.39, 0.29) is 0 Å². The topological polar surface area (TPSA) is 47.6 Å². The van der Waals surface area contributed by atoms with Gasteiger partial charge in [0.25, 0.3) is 0 Å². The quantitative estimate of drug-likeness (QED) is 0.491. The predicted octanol–water partition coefficient (Wildman–Crippen LogP) is 5.89. The smallest absolute Gasteiger partial charge is 0.129 e. The minimum absolute atomic E-state index is 0.463. The van der Waals surface area contributed by atoms with Gasteiger partial charge in [0.2, 0.25) is 0 Å². The minimum atomic E-state index is 0.463. The maximum atomic E-state index is 9.70. The molecule has 5 aliphatic rings. The number of rotatable bonds is 2. The Morgan fingerprint density at radius 2 is 1.18 bits per heavy atom. The van der Waals surface area contributed by atoms with Crippen LogP contribution < -0.4 is 0 Å². The van der Waals surface area contributed by atoms with Gasteiger partial charge in [0.1, 0.15) is 17.7 Å². The first-order valence-electron chi connectivity index (χ1n) is 10.7. The molecule has 150 valence electrons. The lowest BCUT2D eigenvalue weighted by Gasteiger charge is -2.22. The van der Waals surface area contributed by atoms with Crippen molar-refractivity contribution in [3.8, 4) is 12.1 Å². The summed E-state index contributed by atoms with van der Waals surface area (Å²) >= 11 is 8.87. The summed E-state index contributed by atoms with van der Waals surface area (Å²) in [6, 6.07) is 4.58. The van der Waals surface area contributed by atoms with Gasteiger partial charge in [-0.25, -0.2) is 0 Å². The molecule has 10 atom stereocenters. The fraction of sp³-hybridized carbons (Fsp3) is 0.818. The number of nitrogens with zero attached hydrogens (tertiary/aromatic N) is 2. The summed E-state index contributed by atoms with van der Waals surface area (Å²) in [6.07, 6.45) is 7.82. The second kappa shape index (κ2) is 7.99. The molecule has 1 saturated carbocycles. The first kappa shape index (κ1) is 20.0. The molecule has 0 amide bonds. The fourth-order valence-corrected chi connectivity index (χ4v) is 13.8. The molecular weight excluding hydrogens is 421 g/mol. The van der Waals surface area contributed by atoms with E-state index in [1.807, 2.05) is 0 Å². The molecule has 0 radical (unpaired) electrons. The third-order valence-electron chi connectivity index (χ3n) is 7.42. The van der Waals surface area contributed by atoms with Crippen molar-refractivity contribution in [3.63, 3.8) is 0 Å². The summed E-state index contributed by atoms with van der Waals surface area (Å²) in [5.74, 6) is 0.971. The molecule has 0 bridgehead atoms. The first-order chi connectivity index (χ1) is 13.6. The molecule has 5 rings (SSSR count). The van der Waals surface area contributed by atoms with Crippen LogP contribution in [0.1, 0.15) is 52.4 Å². The van der Waals surface area contributed by atoms with Crippen molar-refractivity contribution in [2.75, 3.05) is 0 Å². The van der Waals surface area contributed by atoms with E-state index >= 15 is 0 Å². The summed E-state index contributed by atoms with van der Waals surface area (Å²) < 4.78 is 0. The van der Waals surface area contributed by atoms with Gasteiger partial charge in [-0.15, -0.1) is 0 Å². The highest BCUT2D eigenvalue weighted by Gasteiger charge is 2.59. The maximum Gasteiger partial charge on any atom is 0.129 e. The standard InChI is InChI=1S/C22H28N2S4/c1-11-3-5-16(25-11)18-7-14-20(13(9-23)10-24)15-8-19(17-6-4-12(2)26-17)28-22(15)21(14)27-18/h11-12,14-19,21-22H,3-8H2,1-2H3. The Kier molecular flexibility index (Phi) is 5.72. The zero-order valence-corrected chi connectivity index (χ0v) is 19.8. The van der Waals surface area contributed by atoms with Crippen molar-refractivity contribution < 1.29 is 0 Å². The van der Waals surface area contributed by atoms with Gasteiger partial charge in [-0.2, -0.15) is 57.6 Å². The second-order valence-electron chi connectivity index (χ2n) is 9.14. The minimum Gasteiger partial charge on any atom is -0.192 e. The molecule has 0 aromatic heterocycles. The van der Waals surface area contributed by atoms with Crippen LogP contribution in [-0.4, -0.2) is 42.0 Å². The number of allylic oxidation sites excluding steroid dienone is 2. The number of hydrogen-bond acceptors (Lipinski definition) is 6. The molecule has 0 aromatic rings. The normalized spacial score (nSPS) is 49.6. The lowest BCUT2D eigenvalue weighted by molar-refractivity contribution is 0.559. The monoisotopic (exact) mass is 448 g/mol. The summed E-state index contributed by atoms with van der Waals surface area (Å²) in [5.41, 5.74) is 1.74. The molecule has 0 spiro atoms. The summed E-state index contributed by atoms with van der Waals surface area (Å²) in [6.45, 7) is 4.74. The lowest BCUT2D eigenvalue weighted by Crippen LogP contribution is -2.19. The zero-order chi connectivity index (χ0) is 19.4. The van der Waals surface area contributed by atoms with E-state index in [4.69, 9.17) is 0 Å². The van der Waals surface area contributed by atoms with Crippen molar-refractivity contribution in [1.82, 2.24) is 0 Å². The molecule has 4 heterocycles. The van der Waals surface area contributed by atoms with Gasteiger partial charge in [-0.05, 0) is 55.9 Å². The van der Waals surface area contributed by atoms with Crippen molar-refractivity contribution >= 4 is 47.0 Å². The van der Waals surface area contributed by atoms with Crippen molar-refractivity contribution in [2.24, 2.45) is 11.8 Å². The van der Waals surface area contributed by atoms with Crippen LogP contribution in [0, 0.1) is 34.5 Å². The van der Waals surface area contributed by atoms with Crippen LogP contribution in [0.2, 0.25) is 0 Å². The molecule has 6 heteroatoms. The third kappa shape index (κ3) is 3.35. The number of nitriles is 2. The van der Waals surface area contributed by atoms with E-state index in [1.165, 1.54) is 44.1 Å². The highest BCUT2D eigenvalue weighted by atomic mass is 32.2. The lowest BCUT2D eigenvalue weighted by atomic mass is 9.86. The highest BCUT2D eigenvalue weighted by Crippen LogP contribution is 2.65. The van der Waals surface area contributed by atoms with E-state index in [0.29, 0.717) is 27.9 Å². The number of hydrogen-bond donors (Lipinski definition) is 0. The fourth-order valence-electron chi connectivity index (χ4n) is 6.19. The average molecular weight is 449 g/mol. The molecule has 2 nitrogen and oxygen atoms in total. The van der Waals surface area contributed by atoms with Crippen LogP contribution in [0.4, 0.5) is 0 Å². The Labute approximate surface area is 186 Å². The molecule has 5 fully saturated rings. The first-order valence-corrected chi connectivity index (χ1v) is 14.5. The molecular formula is C22H28N2S4. The zero-order valence-electron chi connectivity index (χ0n) is 16.5. The van der Waals surface area contributed by atoms with Crippen molar-refractivity contribution in [1.29, 1.82) is 10.5 Å². The number of thioether (sulfide) groups is 4. The average Bonchev–Trinajstić information content (AvgIpc) is 3.45. The van der Waals surface area contributed by atoms with Gasteiger partial charge < -0.3 is 0 Å². The molecule has 0 N–H and O–H groups in total. The molecule has 1 aliphatic carbocycles. The van der Waals surface area contributed by atoms with E-state index in [1.54, 1.807) is 0 Å². The number of fused-ring (bicyclic) bond motifs is 3. The second-order valence-corrected chi connectivity index (χ2v) is 15.4. The summed E-state index contributed by atoms with van der Waals surface area (Å²) in [4.78, 5) is 0. The van der Waals surface area contributed by atoms with Crippen molar-refractivity contribution in [3.05, 3.63) is 11.1 Å². The van der Waals surface area contributed by atoms with Crippen LogP contribution in [-0.2, 0) is 0 Å². The maximum absolute atomic E-state index is 9.70. The predicted molar refractivity (Wildman–Crippen MR) is 125 cm³/mol. The highest BCUT2D eigenvalue weighted by molar-refractivity contribution is 8.07. The van der Waals surface area contributed by atoms with Gasteiger partial charge >= 0.3 is 0 Å². The van der Waals surface area contributed by atoms with Gasteiger partial charge in [0.05, 0.1) is 0 Å². The van der Waals surface area contributed by atoms with Crippen molar-refractivity contribution in [2.45, 2.75) is 94.4 Å². The summed E-state index contributed by atoms with van der Waals surface area (Å²) in [5, 5.41) is 25.3. The Morgan fingerprint density at radius 1 is 0.714 bits per heavy atom. The van der Waals surface area contributed by atoms with Gasteiger partial charge in [-0.1, -0.05) is 13.8 Å². The SMILES string of the molecule is CC1CCC(C2CC3C(=C(C#N)C#N)C4CC(C5CCC(C)S5)SC4C3S2)S1. The largest absolute Gasteiger partial charge is 0.192 e. The van der Waals surface area contributed by atoms with Gasteiger partial charge in [-0.3, -0.25) is 0 Å². The van der Waals surface area contributed by atoms with Gasteiger partial charge in [0, 0.05) is 42.0 Å². The van der Waals surface area contributed by atoms with E-state index in [9.17, 15) is 10.5 Å². The van der Waals surface area contributed by atoms with Crippen LogP contribution in [0.15, 0.2) is 11.1 Å². The third-order valence-corrected chi connectivity index (χ3v) is 14.8. The molecule has 4 saturated heterocycles. The molecule has 10 unspecified atom stereocenters. The Morgan fingerprint density at radius 3 is 1.54 bits per heavy atom. The van der Waals surface area contributed by atoms with Crippen LogP contribution in [0.3, 0.4) is 0 Å². The molecule has 4 aliphatic heterocycles. The van der Waals surface area contributed by atoms with E-state index in [0.717, 1.165) is 31.5 Å². The molecule has 0 aromatic carbocycles. The van der Waals surface area contributed by atoms with Crippen LogP contribution in [0.25, 0.3) is 0 Å². The Hall–Kier alpha value is 0.120. The van der Waals surface area contributed by atoms with Crippen LogP contribution >= 0.6 is 47.0 Å². The van der Waals surface area contributed by atoms with Crippen LogP contribution in [0.5, 0.6) is 0 Å². The van der Waals surface area contributed by atoms with E-state index < -0.39 is 0 Å².